The van der Waals surface area contributed by atoms with Crippen molar-refractivity contribution >= 4 is 31.6 Å². The number of nitrogens with zero attached hydrogens (tertiary/aromatic N) is 2. The fraction of sp³-hybridized carbons (Fsp3) is 0.357. The highest BCUT2D eigenvalue weighted by molar-refractivity contribution is 9.10. The van der Waals surface area contributed by atoms with Crippen LogP contribution in [0.4, 0.5) is 5.82 Å². The maximum absolute atomic E-state index is 11.8. The van der Waals surface area contributed by atoms with Crippen LogP contribution in [0.1, 0.15) is 13.3 Å². The maximum atomic E-state index is 11.8. The molecule has 2 aromatic rings. The van der Waals surface area contributed by atoms with Crippen LogP contribution in [0.3, 0.4) is 0 Å². The number of hydrogen-bond donors (Lipinski definition) is 1. The summed E-state index contributed by atoms with van der Waals surface area (Å²) in [7, 11) is -3.01. The van der Waals surface area contributed by atoms with E-state index >= 15 is 0 Å². The highest BCUT2D eigenvalue weighted by atomic mass is 79.9. The van der Waals surface area contributed by atoms with Crippen LogP contribution in [0.15, 0.2) is 34.8 Å². The molecule has 1 atom stereocenters. The molecule has 0 aliphatic carbocycles. The number of sulfone groups is 1. The standard InChI is InChI=1S/C14H16BrN3O2S/c1-14(6-7-21(19,20)9-14)18-13(16)8-12(17-18)10-4-2-3-5-11(10)15/h2-5,8H,6-7,9,16H2,1H3. The average Bonchev–Trinajstić information content (AvgIpc) is 2.91. The van der Waals surface area contributed by atoms with E-state index in [1.165, 1.54) is 0 Å². The summed E-state index contributed by atoms with van der Waals surface area (Å²) in [6, 6.07) is 9.53. The summed E-state index contributed by atoms with van der Waals surface area (Å²) in [6.45, 7) is 1.89. The molecule has 1 aliphatic heterocycles. The monoisotopic (exact) mass is 369 g/mol. The highest BCUT2D eigenvalue weighted by Gasteiger charge is 2.41. The Morgan fingerprint density at radius 2 is 2.10 bits per heavy atom. The molecule has 1 aromatic carbocycles. The number of nitrogen functional groups attached to an aromatic ring is 1. The lowest BCUT2D eigenvalue weighted by Crippen LogP contribution is -2.33. The second kappa shape index (κ2) is 4.84. The van der Waals surface area contributed by atoms with Crippen LogP contribution < -0.4 is 5.73 Å². The molecule has 1 unspecified atom stereocenters. The summed E-state index contributed by atoms with van der Waals surface area (Å²) in [5.41, 5.74) is 7.18. The van der Waals surface area contributed by atoms with E-state index in [9.17, 15) is 8.42 Å². The first-order valence-corrected chi connectivity index (χ1v) is 9.24. The van der Waals surface area contributed by atoms with Crippen molar-refractivity contribution in [3.05, 3.63) is 34.8 Å². The van der Waals surface area contributed by atoms with Crippen LogP contribution in [0.2, 0.25) is 0 Å². The average molecular weight is 370 g/mol. The lowest BCUT2D eigenvalue weighted by Gasteiger charge is -2.24. The molecule has 2 heterocycles. The quantitative estimate of drug-likeness (QED) is 0.881. The number of aromatic nitrogens is 2. The normalized spacial score (nSPS) is 24.3. The Hall–Kier alpha value is -1.34. The summed E-state index contributed by atoms with van der Waals surface area (Å²) in [6.07, 6.45) is 0.538. The molecule has 0 saturated carbocycles. The van der Waals surface area contributed by atoms with Crippen LogP contribution in [0.5, 0.6) is 0 Å². The van der Waals surface area contributed by atoms with E-state index in [0.717, 1.165) is 15.7 Å². The Labute approximate surface area is 132 Å². The molecule has 7 heteroatoms. The van der Waals surface area contributed by atoms with Gasteiger partial charge in [0.1, 0.15) is 5.82 Å². The van der Waals surface area contributed by atoms with Gasteiger partial charge in [-0.1, -0.05) is 34.1 Å². The third-order valence-corrected chi connectivity index (χ3v) is 6.46. The molecular weight excluding hydrogens is 354 g/mol. The van der Waals surface area contributed by atoms with Gasteiger partial charge in [-0.3, -0.25) is 0 Å². The fourth-order valence-electron chi connectivity index (χ4n) is 2.79. The largest absolute Gasteiger partial charge is 0.384 e. The van der Waals surface area contributed by atoms with Crippen LogP contribution in [0, 0.1) is 0 Å². The van der Waals surface area contributed by atoms with Gasteiger partial charge in [-0.25, -0.2) is 13.1 Å². The van der Waals surface area contributed by atoms with Gasteiger partial charge in [-0.2, -0.15) is 5.10 Å². The first-order chi connectivity index (χ1) is 9.81. The van der Waals surface area contributed by atoms with Gasteiger partial charge in [0.25, 0.3) is 0 Å². The Morgan fingerprint density at radius 3 is 2.71 bits per heavy atom. The van der Waals surface area contributed by atoms with Crippen LogP contribution >= 0.6 is 15.9 Å². The zero-order chi connectivity index (χ0) is 15.3. The lowest BCUT2D eigenvalue weighted by molar-refractivity contribution is 0.335. The second-order valence-electron chi connectivity index (χ2n) is 5.69. The van der Waals surface area contributed by atoms with Crippen LogP contribution in [-0.2, 0) is 15.4 Å². The molecule has 0 radical (unpaired) electrons. The van der Waals surface area contributed by atoms with Crippen molar-refractivity contribution in [1.29, 1.82) is 0 Å². The first-order valence-electron chi connectivity index (χ1n) is 6.62. The molecule has 21 heavy (non-hydrogen) atoms. The summed E-state index contributed by atoms with van der Waals surface area (Å²) >= 11 is 3.50. The summed E-state index contributed by atoms with van der Waals surface area (Å²) in [5, 5.41) is 4.56. The molecule has 1 aliphatic rings. The third kappa shape index (κ3) is 2.60. The van der Waals surface area contributed by atoms with Crippen molar-refractivity contribution in [2.75, 3.05) is 17.2 Å². The van der Waals surface area contributed by atoms with Gasteiger partial charge in [0.05, 0.1) is 22.7 Å². The number of hydrogen-bond acceptors (Lipinski definition) is 4. The molecular formula is C14H16BrN3O2S. The molecule has 0 spiro atoms. The SMILES string of the molecule is CC1(n2nc(-c3ccccc3Br)cc2N)CCS(=O)(=O)C1. The molecule has 1 fully saturated rings. The molecule has 112 valence electrons. The molecule has 1 saturated heterocycles. The van der Waals surface area contributed by atoms with E-state index in [4.69, 9.17) is 5.73 Å². The van der Waals surface area contributed by atoms with Crippen molar-refractivity contribution in [2.45, 2.75) is 18.9 Å². The Bertz CT molecular complexity index is 800. The van der Waals surface area contributed by atoms with Gasteiger partial charge in [-0.05, 0) is 19.4 Å². The summed E-state index contributed by atoms with van der Waals surface area (Å²) in [4.78, 5) is 0. The van der Waals surface area contributed by atoms with E-state index in [1.54, 1.807) is 10.7 Å². The first kappa shape index (κ1) is 14.6. The van der Waals surface area contributed by atoms with E-state index in [0.29, 0.717) is 12.2 Å². The van der Waals surface area contributed by atoms with Crippen molar-refractivity contribution in [1.82, 2.24) is 9.78 Å². The number of benzene rings is 1. The van der Waals surface area contributed by atoms with Gasteiger partial charge in [0.15, 0.2) is 9.84 Å². The zero-order valence-electron chi connectivity index (χ0n) is 11.6. The summed E-state index contributed by atoms with van der Waals surface area (Å²) < 4.78 is 26.1. The zero-order valence-corrected chi connectivity index (χ0v) is 14.0. The van der Waals surface area contributed by atoms with Crippen LogP contribution in [0.25, 0.3) is 11.3 Å². The Balaban J connectivity index is 2.06. The minimum absolute atomic E-state index is 0.0846. The second-order valence-corrected chi connectivity index (χ2v) is 8.72. The molecule has 1 aromatic heterocycles. The predicted molar refractivity (Wildman–Crippen MR) is 86.7 cm³/mol. The molecule has 5 nitrogen and oxygen atoms in total. The van der Waals surface area contributed by atoms with Crippen molar-refractivity contribution in [2.24, 2.45) is 0 Å². The van der Waals surface area contributed by atoms with E-state index in [-0.39, 0.29) is 11.5 Å². The molecule has 0 bridgehead atoms. The Morgan fingerprint density at radius 1 is 1.38 bits per heavy atom. The van der Waals surface area contributed by atoms with Crippen molar-refractivity contribution in [3.63, 3.8) is 0 Å². The van der Waals surface area contributed by atoms with Gasteiger partial charge < -0.3 is 5.73 Å². The predicted octanol–water partition coefficient (Wildman–Crippen LogP) is 2.43. The topological polar surface area (TPSA) is 78.0 Å². The fourth-order valence-corrected chi connectivity index (χ4v) is 5.39. The van der Waals surface area contributed by atoms with Gasteiger partial charge >= 0.3 is 0 Å². The number of anilines is 1. The summed E-state index contributed by atoms with van der Waals surface area (Å²) in [5.74, 6) is 0.759. The van der Waals surface area contributed by atoms with Crippen LogP contribution in [-0.4, -0.2) is 29.7 Å². The smallest absolute Gasteiger partial charge is 0.152 e. The van der Waals surface area contributed by atoms with E-state index < -0.39 is 15.4 Å². The molecule has 3 rings (SSSR count). The van der Waals surface area contributed by atoms with E-state index in [2.05, 4.69) is 21.0 Å². The number of nitrogens with two attached hydrogens (primary N) is 1. The third-order valence-electron chi connectivity index (χ3n) is 3.88. The highest BCUT2D eigenvalue weighted by Crippen LogP contribution is 2.35. The number of rotatable bonds is 2. The molecule has 2 N–H and O–H groups in total. The molecule has 0 amide bonds. The Kier molecular flexibility index (Phi) is 3.37. The van der Waals surface area contributed by atoms with E-state index in [1.807, 2.05) is 31.2 Å². The minimum atomic E-state index is -3.01. The number of halogens is 1. The van der Waals surface area contributed by atoms with Crippen molar-refractivity contribution in [3.8, 4) is 11.3 Å². The lowest BCUT2D eigenvalue weighted by atomic mass is 10.0. The van der Waals surface area contributed by atoms with Gasteiger partial charge in [0.2, 0.25) is 0 Å². The van der Waals surface area contributed by atoms with Gasteiger partial charge in [0, 0.05) is 16.1 Å². The minimum Gasteiger partial charge on any atom is -0.384 e. The van der Waals surface area contributed by atoms with Gasteiger partial charge in [-0.15, -0.1) is 0 Å². The maximum Gasteiger partial charge on any atom is 0.152 e. The van der Waals surface area contributed by atoms with Crippen molar-refractivity contribution < 1.29 is 8.42 Å².